The van der Waals surface area contributed by atoms with Crippen molar-refractivity contribution in [2.75, 3.05) is 30.0 Å². The number of nitrogens with one attached hydrogen (secondary N) is 1. The minimum atomic E-state index is -3.03. The van der Waals surface area contributed by atoms with Crippen LogP contribution in [0.15, 0.2) is 18.2 Å². The molecule has 3 rings (SSSR count). The number of nitrogens with zero attached hydrogens (tertiary/aromatic N) is 1. The van der Waals surface area contributed by atoms with Gasteiger partial charge in [0.05, 0.1) is 22.6 Å². The molecule has 1 N–H and O–H groups in total. The van der Waals surface area contributed by atoms with Gasteiger partial charge in [-0.3, -0.25) is 0 Å². The van der Waals surface area contributed by atoms with Crippen LogP contribution < -0.4 is 5.32 Å². The maximum atomic E-state index is 13.3. The van der Waals surface area contributed by atoms with Crippen molar-refractivity contribution in [1.82, 2.24) is 4.90 Å². The van der Waals surface area contributed by atoms with E-state index in [0.717, 1.165) is 19.4 Å². The van der Waals surface area contributed by atoms with Crippen molar-refractivity contribution < 1.29 is 17.5 Å². The molecule has 0 radical (unpaired) electrons. The fraction of sp³-hybridized carbons (Fsp3) is 0.562. The molecule has 0 bridgehead atoms. The number of anilines is 1. The summed E-state index contributed by atoms with van der Waals surface area (Å²) in [5.74, 6) is -0.243. The number of rotatable bonds is 4. The first-order chi connectivity index (χ1) is 11.8. The predicted molar refractivity (Wildman–Crippen MR) is 100 cm³/mol. The van der Waals surface area contributed by atoms with Crippen LogP contribution in [-0.2, 0) is 14.6 Å². The van der Waals surface area contributed by atoms with E-state index in [0.29, 0.717) is 23.8 Å². The van der Waals surface area contributed by atoms with Crippen LogP contribution in [0, 0.1) is 5.82 Å². The summed E-state index contributed by atoms with van der Waals surface area (Å²) in [6.45, 7) is 1.26. The maximum absolute atomic E-state index is 13.3. The van der Waals surface area contributed by atoms with Crippen LogP contribution in [0.5, 0.6) is 0 Å². The van der Waals surface area contributed by atoms with Gasteiger partial charge in [0.2, 0.25) is 0 Å². The monoisotopic (exact) mass is 406 g/mol. The topological polar surface area (TPSA) is 58.6 Å². The SMILES string of the molecule is O=S1(=O)CC[C@@H](N(C[C@@H]2CCCO2)C(=S)Nc2ccc(F)c(Cl)c2)C1. The molecule has 1 aromatic rings. The summed E-state index contributed by atoms with van der Waals surface area (Å²) in [6.07, 6.45) is 2.51. The summed E-state index contributed by atoms with van der Waals surface area (Å²) >= 11 is 11.3. The van der Waals surface area contributed by atoms with Gasteiger partial charge in [-0.2, -0.15) is 0 Å². The Morgan fingerprint density at radius 3 is 2.84 bits per heavy atom. The van der Waals surface area contributed by atoms with Gasteiger partial charge >= 0.3 is 0 Å². The van der Waals surface area contributed by atoms with Crippen LogP contribution in [0.4, 0.5) is 10.1 Å². The van der Waals surface area contributed by atoms with Crippen LogP contribution in [-0.4, -0.2) is 55.2 Å². The van der Waals surface area contributed by atoms with E-state index in [2.05, 4.69) is 5.32 Å². The van der Waals surface area contributed by atoms with Crippen LogP contribution in [0.2, 0.25) is 5.02 Å². The van der Waals surface area contributed by atoms with Gasteiger partial charge in [-0.15, -0.1) is 0 Å². The molecule has 0 amide bonds. The van der Waals surface area contributed by atoms with Gasteiger partial charge in [0, 0.05) is 24.9 Å². The highest BCUT2D eigenvalue weighted by Crippen LogP contribution is 2.24. The number of ether oxygens (including phenoxy) is 1. The summed E-state index contributed by atoms with van der Waals surface area (Å²) < 4.78 is 42.7. The van der Waals surface area contributed by atoms with Gasteiger partial charge in [-0.05, 0) is 49.7 Å². The Kier molecular flexibility index (Phi) is 5.82. The van der Waals surface area contributed by atoms with Crippen molar-refractivity contribution in [1.29, 1.82) is 0 Å². The number of hydrogen-bond donors (Lipinski definition) is 1. The molecule has 1 aromatic carbocycles. The first kappa shape index (κ1) is 18.8. The Balaban J connectivity index is 1.74. The summed E-state index contributed by atoms with van der Waals surface area (Å²) in [5, 5.41) is 3.45. The van der Waals surface area contributed by atoms with Crippen molar-refractivity contribution in [3.63, 3.8) is 0 Å². The smallest absolute Gasteiger partial charge is 0.173 e. The molecule has 0 spiro atoms. The number of halogens is 2. The lowest BCUT2D eigenvalue weighted by atomic mass is 10.2. The highest BCUT2D eigenvalue weighted by atomic mass is 35.5. The first-order valence-electron chi connectivity index (χ1n) is 8.19. The Morgan fingerprint density at radius 2 is 2.24 bits per heavy atom. The van der Waals surface area contributed by atoms with E-state index in [1.807, 2.05) is 4.90 Å². The molecule has 2 saturated heterocycles. The lowest BCUT2D eigenvalue weighted by Crippen LogP contribution is -2.47. The van der Waals surface area contributed by atoms with Crippen molar-refractivity contribution in [3.8, 4) is 0 Å². The third-order valence-electron chi connectivity index (χ3n) is 4.51. The molecule has 2 heterocycles. The average molecular weight is 407 g/mol. The molecular weight excluding hydrogens is 387 g/mol. The van der Waals surface area contributed by atoms with E-state index in [4.69, 9.17) is 28.6 Å². The predicted octanol–water partition coefficient (Wildman–Crippen LogP) is 2.84. The van der Waals surface area contributed by atoms with Crippen LogP contribution in [0.3, 0.4) is 0 Å². The standard InChI is InChI=1S/C16H20ClFN2O3S2/c17-14-8-11(3-4-15(14)18)19-16(24)20(9-13-2-1-6-23-13)12-5-7-25(21,22)10-12/h3-4,8,12-13H,1-2,5-7,9-10H2,(H,19,24)/t12-,13+/m1/s1. The number of thiocarbonyl (C=S) groups is 1. The fourth-order valence-electron chi connectivity index (χ4n) is 3.20. The van der Waals surface area contributed by atoms with E-state index < -0.39 is 15.7 Å². The molecule has 25 heavy (non-hydrogen) atoms. The molecule has 2 atom stereocenters. The highest BCUT2D eigenvalue weighted by Gasteiger charge is 2.35. The van der Waals surface area contributed by atoms with E-state index in [9.17, 15) is 12.8 Å². The Hall–Kier alpha value is -0.960. The molecule has 5 nitrogen and oxygen atoms in total. The molecule has 2 aliphatic heterocycles. The van der Waals surface area contributed by atoms with E-state index in [-0.39, 0.29) is 28.7 Å². The van der Waals surface area contributed by atoms with E-state index in [1.165, 1.54) is 12.1 Å². The fourth-order valence-corrected chi connectivity index (χ4v) is 5.45. The van der Waals surface area contributed by atoms with Crippen molar-refractivity contribution in [2.45, 2.75) is 31.4 Å². The second-order valence-electron chi connectivity index (χ2n) is 6.40. The zero-order valence-electron chi connectivity index (χ0n) is 13.6. The molecule has 9 heteroatoms. The third-order valence-corrected chi connectivity index (χ3v) is 6.88. The zero-order chi connectivity index (χ0) is 18.0. The van der Waals surface area contributed by atoms with Crippen LogP contribution >= 0.6 is 23.8 Å². The van der Waals surface area contributed by atoms with Crippen molar-refractivity contribution in [2.24, 2.45) is 0 Å². The largest absolute Gasteiger partial charge is 0.376 e. The quantitative estimate of drug-likeness (QED) is 0.776. The molecule has 2 fully saturated rings. The second kappa shape index (κ2) is 7.73. The van der Waals surface area contributed by atoms with Gasteiger partial charge in [-0.1, -0.05) is 11.6 Å². The summed E-state index contributed by atoms with van der Waals surface area (Å²) in [6, 6.07) is 4.09. The minimum Gasteiger partial charge on any atom is -0.376 e. The lowest BCUT2D eigenvalue weighted by Gasteiger charge is -2.33. The molecule has 0 saturated carbocycles. The molecule has 0 aliphatic carbocycles. The van der Waals surface area contributed by atoms with Crippen molar-refractivity contribution >= 4 is 44.5 Å². The molecule has 0 aromatic heterocycles. The van der Waals surface area contributed by atoms with Crippen LogP contribution in [0.25, 0.3) is 0 Å². The number of benzene rings is 1. The molecule has 0 unspecified atom stereocenters. The normalized spacial score (nSPS) is 25.0. The van der Waals surface area contributed by atoms with E-state index in [1.54, 1.807) is 6.07 Å². The van der Waals surface area contributed by atoms with Crippen LogP contribution in [0.1, 0.15) is 19.3 Å². The summed E-state index contributed by atoms with van der Waals surface area (Å²) in [7, 11) is -3.03. The second-order valence-corrected chi connectivity index (χ2v) is 9.43. The average Bonchev–Trinajstić information content (AvgIpc) is 3.17. The third kappa shape index (κ3) is 4.81. The van der Waals surface area contributed by atoms with Gasteiger partial charge in [0.15, 0.2) is 14.9 Å². The first-order valence-corrected chi connectivity index (χ1v) is 10.8. The van der Waals surface area contributed by atoms with Crippen molar-refractivity contribution in [3.05, 3.63) is 29.0 Å². The molecule has 138 valence electrons. The zero-order valence-corrected chi connectivity index (χ0v) is 16.0. The Morgan fingerprint density at radius 1 is 1.44 bits per heavy atom. The number of sulfone groups is 1. The lowest BCUT2D eigenvalue weighted by molar-refractivity contribution is 0.0851. The minimum absolute atomic E-state index is 0.00178. The highest BCUT2D eigenvalue weighted by molar-refractivity contribution is 7.91. The molecule has 2 aliphatic rings. The van der Waals surface area contributed by atoms with Gasteiger partial charge in [0.25, 0.3) is 0 Å². The van der Waals surface area contributed by atoms with E-state index >= 15 is 0 Å². The molecular formula is C16H20ClFN2O3S2. The summed E-state index contributed by atoms with van der Waals surface area (Å²) in [4.78, 5) is 1.90. The van der Waals surface area contributed by atoms with Gasteiger partial charge in [-0.25, -0.2) is 12.8 Å². The van der Waals surface area contributed by atoms with Gasteiger partial charge < -0.3 is 15.0 Å². The summed E-state index contributed by atoms with van der Waals surface area (Å²) in [5.41, 5.74) is 0.564. The Bertz CT molecular complexity index is 754. The maximum Gasteiger partial charge on any atom is 0.173 e. The number of hydrogen-bond acceptors (Lipinski definition) is 4. The Labute approximate surface area is 157 Å². The van der Waals surface area contributed by atoms with Gasteiger partial charge in [0.1, 0.15) is 5.82 Å².